The van der Waals surface area contributed by atoms with E-state index in [-0.39, 0.29) is 12.5 Å². The third-order valence-corrected chi connectivity index (χ3v) is 5.91. The maximum Gasteiger partial charge on any atom is 0.246 e. The second-order valence-electron chi connectivity index (χ2n) is 8.36. The molecule has 0 fully saturated rings. The fraction of sp³-hybridized carbons (Fsp3) is 0.320. The molecule has 0 aliphatic carbocycles. The number of amides is 1. The Kier molecular flexibility index (Phi) is 6.42. The Morgan fingerprint density at radius 2 is 2.23 bits per heavy atom. The van der Waals surface area contributed by atoms with Crippen LogP contribution in [0.2, 0.25) is 0 Å². The zero-order valence-corrected chi connectivity index (χ0v) is 19.7. The molecule has 4 aromatic rings. The van der Waals surface area contributed by atoms with Gasteiger partial charge in [-0.3, -0.25) is 4.79 Å². The van der Waals surface area contributed by atoms with Crippen LogP contribution in [0.1, 0.15) is 47.6 Å². The molecule has 0 atom stereocenters. The topological polar surface area (TPSA) is 123 Å². The number of hydrogen-bond donors (Lipinski definition) is 1. The summed E-state index contributed by atoms with van der Waals surface area (Å²) < 4.78 is 17.2. The minimum Gasteiger partial charge on any atom is -0.486 e. The molecule has 0 unspecified atom stereocenters. The summed E-state index contributed by atoms with van der Waals surface area (Å²) in [5, 5.41) is 14.5. The van der Waals surface area contributed by atoms with Crippen LogP contribution in [-0.2, 0) is 30.8 Å². The van der Waals surface area contributed by atoms with Gasteiger partial charge in [-0.1, -0.05) is 6.92 Å². The van der Waals surface area contributed by atoms with Crippen LogP contribution in [0, 0.1) is 6.92 Å². The first-order valence-corrected chi connectivity index (χ1v) is 11.6. The highest BCUT2D eigenvalue weighted by molar-refractivity contribution is 5.91. The second-order valence-corrected chi connectivity index (χ2v) is 8.36. The van der Waals surface area contributed by atoms with Gasteiger partial charge in [-0.15, -0.1) is 10.2 Å². The van der Waals surface area contributed by atoms with Crippen LogP contribution in [0.5, 0.6) is 5.75 Å². The number of hydrogen-bond acceptors (Lipinski definition) is 8. The summed E-state index contributed by atoms with van der Waals surface area (Å²) >= 11 is 0. The lowest BCUT2D eigenvalue weighted by atomic mass is 9.96. The molecule has 10 nitrogen and oxygen atoms in total. The fourth-order valence-electron chi connectivity index (χ4n) is 4.08. The first-order chi connectivity index (χ1) is 17.1. The zero-order valence-electron chi connectivity index (χ0n) is 19.7. The SMILES string of the molecule is CCCc1nc(COc2cc3c(cc2-c2nn[nH]n2)CCN(C(=O)/C=C/c2ccco2)C3)c(C)o1. The van der Waals surface area contributed by atoms with Gasteiger partial charge in [-0.05, 0) is 66.4 Å². The number of carbonyl (C=O) groups is 1. The quantitative estimate of drug-likeness (QED) is 0.382. The van der Waals surface area contributed by atoms with Gasteiger partial charge in [0, 0.05) is 25.6 Å². The Morgan fingerprint density at radius 3 is 3.00 bits per heavy atom. The second kappa shape index (κ2) is 9.96. The molecule has 180 valence electrons. The molecule has 0 radical (unpaired) electrons. The standard InChI is InChI=1S/C25H26N6O4/c1-3-5-23-26-21(16(2)35-23)15-34-22-13-18-14-31(24(32)8-7-19-6-4-11-33-19)10-9-17(18)12-20(22)25-27-29-30-28-25/h4,6-8,11-13H,3,5,9-10,14-15H2,1-2H3,(H,27,28,29,30)/b8-7+. The van der Waals surface area contributed by atoms with Gasteiger partial charge >= 0.3 is 0 Å². The number of H-pyrrole nitrogens is 1. The lowest BCUT2D eigenvalue weighted by Gasteiger charge is -2.29. The predicted molar refractivity (Wildman–Crippen MR) is 126 cm³/mol. The Balaban J connectivity index is 1.38. The van der Waals surface area contributed by atoms with E-state index in [1.807, 2.05) is 19.1 Å². The normalized spacial score (nSPS) is 13.4. The number of benzene rings is 1. The summed E-state index contributed by atoms with van der Waals surface area (Å²) in [5.41, 5.74) is 3.64. The largest absolute Gasteiger partial charge is 0.486 e. The van der Waals surface area contributed by atoms with Crippen molar-refractivity contribution in [3.63, 3.8) is 0 Å². The van der Waals surface area contributed by atoms with Crippen molar-refractivity contribution in [2.45, 2.75) is 46.3 Å². The van der Waals surface area contributed by atoms with Gasteiger partial charge in [0.25, 0.3) is 0 Å². The van der Waals surface area contributed by atoms with Crippen molar-refractivity contribution < 1.29 is 18.4 Å². The number of aromatic amines is 1. The Morgan fingerprint density at radius 1 is 1.31 bits per heavy atom. The van der Waals surface area contributed by atoms with E-state index in [0.717, 1.165) is 41.0 Å². The molecule has 0 saturated carbocycles. The highest BCUT2D eigenvalue weighted by Crippen LogP contribution is 2.34. The van der Waals surface area contributed by atoms with Crippen LogP contribution >= 0.6 is 0 Å². The molecule has 0 spiro atoms. The summed E-state index contributed by atoms with van der Waals surface area (Å²) in [6.45, 7) is 5.30. The van der Waals surface area contributed by atoms with Gasteiger partial charge in [0.15, 0.2) is 5.89 Å². The Labute approximate surface area is 202 Å². The Bertz CT molecular complexity index is 1320. The van der Waals surface area contributed by atoms with E-state index in [1.54, 1.807) is 29.4 Å². The summed E-state index contributed by atoms with van der Waals surface area (Å²) in [5.74, 6) is 3.08. The van der Waals surface area contributed by atoms with Crippen LogP contribution in [0.3, 0.4) is 0 Å². The lowest BCUT2D eigenvalue weighted by Crippen LogP contribution is -2.34. The number of ether oxygens (including phenoxy) is 1. The van der Waals surface area contributed by atoms with Crippen molar-refractivity contribution in [2.24, 2.45) is 0 Å². The van der Waals surface area contributed by atoms with Crippen LogP contribution in [0.25, 0.3) is 17.5 Å². The van der Waals surface area contributed by atoms with Gasteiger partial charge in [0.1, 0.15) is 29.6 Å². The maximum atomic E-state index is 12.8. The van der Waals surface area contributed by atoms with Crippen molar-refractivity contribution in [1.29, 1.82) is 0 Å². The molecule has 35 heavy (non-hydrogen) atoms. The molecular formula is C25H26N6O4. The third kappa shape index (κ3) is 5.01. The highest BCUT2D eigenvalue weighted by atomic mass is 16.5. The van der Waals surface area contributed by atoms with E-state index in [0.29, 0.717) is 42.7 Å². The molecule has 1 aliphatic rings. The number of carbonyl (C=O) groups excluding carboxylic acids is 1. The van der Waals surface area contributed by atoms with Crippen molar-refractivity contribution in [1.82, 2.24) is 30.5 Å². The number of tetrazole rings is 1. The van der Waals surface area contributed by atoms with Gasteiger partial charge in [0.05, 0.1) is 11.8 Å². The number of nitrogens with one attached hydrogen (secondary N) is 1. The van der Waals surface area contributed by atoms with Gasteiger partial charge < -0.3 is 18.5 Å². The minimum atomic E-state index is -0.0709. The molecule has 1 aromatic carbocycles. The van der Waals surface area contributed by atoms with Gasteiger partial charge in [-0.2, -0.15) is 5.21 Å². The number of aromatic nitrogens is 5. The summed E-state index contributed by atoms with van der Waals surface area (Å²) in [6.07, 6.45) is 7.25. The monoisotopic (exact) mass is 474 g/mol. The average molecular weight is 475 g/mol. The first-order valence-electron chi connectivity index (χ1n) is 11.6. The molecule has 4 heterocycles. The summed E-state index contributed by atoms with van der Waals surface area (Å²) in [4.78, 5) is 19.1. The number of furan rings is 1. The fourth-order valence-corrected chi connectivity index (χ4v) is 4.08. The van der Waals surface area contributed by atoms with E-state index < -0.39 is 0 Å². The van der Waals surface area contributed by atoms with E-state index >= 15 is 0 Å². The summed E-state index contributed by atoms with van der Waals surface area (Å²) in [6, 6.07) is 7.57. The van der Waals surface area contributed by atoms with Crippen LogP contribution in [-0.4, -0.2) is 43.0 Å². The molecular weight excluding hydrogens is 448 g/mol. The summed E-state index contributed by atoms with van der Waals surface area (Å²) in [7, 11) is 0. The predicted octanol–water partition coefficient (Wildman–Crippen LogP) is 3.89. The van der Waals surface area contributed by atoms with Crippen LogP contribution in [0.4, 0.5) is 0 Å². The van der Waals surface area contributed by atoms with Crippen molar-refractivity contribution in [3.05, 3.63) is 70.8 Å². The number of fused-ring (bicyclic) bond motifs is 1. The highest BCUT2D eigenvalue weighted by Gasteiger charge is 2.23. The van der Waals surface area contributed by atoms with Crippen molar-refractivity contribution in [3.8, 4) is 17.1 Å². The number of rotatable bonds is 8. The van der Waals surface area contributed by atoms with Gasteiger partial charge in [0.2, 0.25) is 11.7 Å². The van der Waals surface area contributed by atoms with E-state index in [9.17, 15) is 4.79 Å². The average Bonchev–Trinajstić information content (AvgIpc) is 3.63. The van der Waals surface area contributed by atoms with Crippen molar-refractivity contribution >= 4 is 12.0 Å². The molecule has 0 bridgehead atoms. The van der Waals surface area contributed by atoms with Crippen LogP contribution < -0.4 is 4.74 Å². The first kappa shape index (κ1) is 22.6. The van der Waals surface area contributed by atoms with Gasteiger partial charge in [-0.25, -0.2) is 4.98 Å². The number of nitrogens with zero attached hydrogens (tertiary/aromatic N) is 5. The minimum absolute atomic E-state index is 0.0709. The molecule has 3 aromatic heterocycles. The number of oxazole rings is 1. The smallest absolute Gasteiger partial charge is 0.246 e. The van der Waals surface area contributed by atoms with Crippen LogP contribution in [0.15, 0.2) is 45.4 Å². The Hall–Kier alpha value is -4.21. The third-order valence-electron chi connectivity index (χ3n) is 5.91. The lowest BCUT2D eigenvalue weighted by molar-refractivity contribution is -0.126. The maximum absolute atomic E-state index is 12.8. The van der Waals surface area contributed by atoms with E-state index in [2.05, 4.69) is 32.5 Å². The van der Waals surface area contributed by atoms with E-state index in [4.69, 9.17) is 13.6 Å². The molecule has 5 rings (SSSR count). The molecule has 10 heteroatoms. The molecule has 0 saturated heterocycles. The molecule has 1 amide bonds. The zero-order chi connectivity index (χ0) is 24.2. The molecule has 1 aliphatic heterocycles. The molecule has 1 N–H and O–H groups in total. The van der Waals surface area contributed by atoms with Crippen molar-refractivity contribution in [2.75, 3.05) is 6.54 Å². The van der Waals surface area contributed by atoms with E-state index in [1.165, 1.54) is 6.08 Å². The number of aryl methyl sites for hydroxylation is 2.